The Bertz CT molecular complexity index is 749. The molecule has 0 saturated heterocycles. The topological polar surface area (TPSA) is 75.6 Å². The van der Waals surface area contributed by atoms with Gasteiger partial charge in [-0.05, 0) is 16.5 Å². The molecule has 21 heavy (non-hydrogen) atoms. The summed E-state index contributed by atoms with van der Waals surface area (Å²) in [5.41, 5.74) is -0.589. The number of carboxylic acid groups (broad SMARTS) is 1. The number of rotatable bonds is 2. The normalized spacial score (nSPS) is 14.0. The van der Waals surface area contributed by atoms with Crippen LogP contribution in [0, 0.1) is 0 Å². The Hall–Kier alpha value is -2.77. The van der Waals surface area contributed by atoms with Crippen molar-refractivity contribution in [2.45, 2.75) is 6.18 Å². The molecule has 0 fully saturated rings. The molecule has 1 aromatic carbocycles. The number of esters is 1. The van der Waals surface area contributed by atoms with Crippen molar-refractivity contribution in [1.82, 2.24) is 5.32 Å². The van der Waals surface area contributed by atoms with Gasteiger partial charge in [-0.15, -0.1) is 0 Å². The summed E-state index contributed by atoms with van der Waals surface area (Å²) in [4.78, 5) is 22.0. The highest BCUT2D eigenvalue weighted by atomic mass is 19.4. The van der Waals surface area contributed by atoms with E-state index in [0.29, 0.717) is 10.4 Å². The molecule has 1 aliphatic heterocycles. The third-order valence-electron chi connectivity index (χ3n) is 2.56. The third kappa shape index (κ3) is 3.22. The number of fused-ring (bicyclic) bond motifs is 1. The Balaban J connectivity index is 2.50. The van der Waals surface area contributed by atoms with E-state index in [-0.39, 0.29) is 0 Å². The van der Waals surface area contributed by atoms with Gasteiger partial charge in [0.05, 0.1) is 0 Å². The molecule has 8 heteroatoms. The average Bonchev–Trinajstić information content (AvgIpc) is 2.58. The number of benzene rings is 1. The first kappa shape index (κ1) is 14.6. The number of carbonyl (C=O) groups excluding carboxylic acids is 1. The average molecular weight is 299 g/mol. The highest BCUT2D eigenvalue weighted by Crippen LogP contribution is 2.19. The minimum absolute atomic E-state index is 0.459. The van der Waals surface area contributed by atoms with Gasteiger partial charge in [-0.3, -0.25) is 0 Å². The van der Waals surface area contributed by atoms with Gasteiger partial charge in [-0.1, -0.05) is 24.3 Å². The Morgan fingerprint density at radius 3 is 2.33 bits per heavy atom. The molecular weight excluding hydrogens is 291 g/mol. The number of carboxylic acids is 1. The Labute approximate surface area is 115 Å². The summed E-state index contributed by atoms with van der Waals surface area (Å²) >= 11 is 0. The smallest absolute Gasteiger partial charge is 0.477 e. The van der Waals surface area contributed by atoms with Crippen molar-refractivity contribution in [3.63, 3.8) is 0 Å². The fourth-order valence-electron chi connectivity index (χ4n) is 1.61. The van der Waals surface area contributed by atoms with Crippen LogP contribution in [0.3, 0.4) is 0 Å². The highest BCUT2D eigenvalue weighted by molar-refractivity contribution is 5.97. The highest BCUT2D eigenvalue weighted by Gasteiger charge is 2.42. The van der Waals surface area contributed by atoms with Crippen LogP contribution in [-0.2, 0) is 14.3 Å². The van der Waals surface area contributed by atoms with Crippen LogP contribution >= 0.6 is 0 Å². The van der Waals surface area contributed by atoms with Gasteiger partial charge in [-0.2, -0.15) is 13.2 Å². The van der Waals surface area contributed by atoms with E-state index in [1.54, 1.807) is 24.3 Å². The summed E-state index contributed by atoms with van der Waals surface area (Å²) in [6.45, 7) is 0. The summed E-state index contributed by atoms with van der Waals surface area (Å²) < 4.78 is 40.7. The van der Waals surface area contributed by atoms with Crippen LogP contribution in [0.1, 0.15) is 0 Å². The monoisotopic (exact) mass is 299 g/mol. The summed E-state index contributed by atoms with van der Waals surface area (Å²) in [7, 11) is 0. The van der Waals surface area contributed by atoms with Crippen molar-refractivity contribution in [2.24, 2.45) is 0 Å². The van der Waals surface area contributed by atoms with Crippen molar-refractivity contribution >= 4 is 24.2 Å². The van der Waals surface area contributed by atoms with Crippen LogP contribution in [0.5, 0.6) is 0 Å². The first-order valence-electron chi connectivity index (χ1n) is 5.59. The van der Waals surface area contributed by atoms with Gasteiger partial charge in [0.2, 0.25) is 5.88 Å². The molecule has 1 heterocycles. The maximum Gasteiger partial charge on any atom is 0.491 e. The molecule has 0 spiro atoms. The molecule has 2 rings (SSSR count). The van der Waals surface area contributed by atoms with Gasteiger partial charge >= 0.3 is 18.1 Å². The van der Waals surface area contributed by atoms with Gasteiger partial charge in [0.25, 0.3) is 0 Å². The lowest BCUT2D eigenvalue weighted by molar-refractivity contribution is -0.195. The lowest BCUT2D eigenvalue weighted by Gasteiger charge is -2.11. The van der Waals surface area contributed by atoms with Crippen molar-refractivity contribution in [3.8, 4) is 0 Å². The standard InChI is InChI=1S/C13H8F3NO4/c14-13(15,16)12(20)21-10-9(11(18)19)5-7-3-1-2-4-8(7)6-17-10/h1-6,17H,(H,18,19). The predicted octanol–water partition coefficient (Wildman–Crippen LogP) is 0.210. The van der Waals surface area contributed by atoms with E-state index in [0.717, 1.165) is 6.08 Å². The number of hydrogen-bond acceptors (Lipinski definition) is 4. The summed E-state index contributed by atoms with van der Waals surface area (Å²) in [6.07, 6.45) is -2.86. The molecular formula is C13H8F3NO4. The summed E-state index contributed by atoms with van der Waals surface area (Å²) in [5, 5.41) is 12.3. The van der Waals surface area contributed by atoms with Crippen LogP contribution < -0.4 is 15.8 Å². The quantitative estimate of drug-likeness (QED) is 0.764. The lowest BCUT2D eigenvalue weighted by Crippen LogP contribution is -2.29. The Morgan fingerprint density at radius 2 is 1.76 bits per heavy atom. The van der Waals surface area contributed by atoms with Gasteiger partial charge in [0.1, 0.15) is 5.57 Å². The van der Waals surface area contributed by atoms with E-state index < -0.39 is 29.6 Å². The number of carbonyl (C=O) groups is 2. The maximum atomic E-state index is 12.2. The molecule has 0 saturated carbocycles. The fraction of sp³-hybridized carbons (Fsp3) is 0.0769. The zero-order chi connectivity index (χ0) is 15.6. The first-order valence-corrected chi connectivity index (χ1v) is 5.59. The minimum Gasteiger partial charge on any atom is -0.477 e. The molecule has 0 atom stereocenters. The van der Waals surface area contributed by atoms with E-state index >= 15 is 0 Å². The van der Waals surface area contributed by atoms with Crippen LogP contribution in [0.4, 0.5) is 13.2 Å². The van der Waals surface area contributed by atoms with E-state index in [9.17, 15) is 22.8 Å². The zero-order valence-corrected chi connectivity index (χ0v) is 10.3. The molecule has 0 aliphatic carbocycles. The second kappa shape index (κ2) is 5.31. The summed E-state index contributed by atoms with van der Waals surface area (Å²) in [6, 6.07) is 6.49. The molecule has 0 bridgehead atoms. The van der Waals surface area contributed by atoms with Gasteiger partial charge in [0, 0.05) is 6.20 Å². The number of alkyl halides is 3. The molecule has 1 aliphatic rings. The molecule has 110 valence electrons. The number of halogens is 3. The van der Waals surface area contributed by atoms with Crippen LogP contribution in [0.25, 0.3) is 12.3 Å². The van der Waals surface area contributed by atoms with Crippen LogP contribution in [0.2, 0.25) is 0 Å². The van der Waals surface area contributed by atoms with Crippen molar-refractivity contribution in [2.75, 3.05) is 0 Å². The second-order valence-electron chi connectivity index (χ2n) is 4.00. The predicted molar refractivity (Wildman–Crippen MR) is 64.6 cm³/mol. The number of aliphatic carboxylic acids is 1. The first-order chi connectivity index (χ1) is 9.79. The van der Waals surface area contributed by atoms with Gasteiger partial charge < -0.3 is 15.2 Å². The summed E-state index contributed by atoms with van der Waals surface area (Å²) in [5.74, 6) is -4.82. The largest absolute Gasteiger partial charge is 0.491 e. The second-order valence-corrected chi connectivity index (χ2v) is 4.00. The van der Waals surface area contributed by atoms with Gasteiger partial charge in [0.15, 0.2) is 0 Å². The fourth-order valence-corrected chi connectivity index (χ4v) is 1.61. The maximum absolute atomic E-state index is 12.2. The van der Waals surface area contributed by atoms with E-state index in [4.69, 9.17) is 5.11 Å². The van der Waals surface area contributed by atoms with E-state index in [2.05, 4.69) is 10.1 Å². The molecule has 0 radical (unpaired) electrons. The van der Waals surface area contributed by atoms with Crippen LogP contribution in [-0.4, -0.2) is 23.2 Å². The Morgan fingerprint density at radius 1 is 1.14 bits per heavy atom. The van der Waals surface area contributed by atoms with Crippen LogP contribution in [0.15, 0.2) is 35.7 Å². The Kier molecular flexibility index (Phi) is 3.70. The number of nitrogens with one attached hydrogen (secondary N) is 1. The molecule has 1 aromatic rings. The SMILES string of the molecule is O=C(O)C1=C(OC(=O)C(F)(F)F)NC=c2ccccc2=C1. The number of ether oxygens (including phenoxy) is 1. The lowest BCUT2D eigenvalue weighted by atomic mass is 10.2. The number of hydrogen-bond donors (Lipinski definition) is 2. The van der Waals surface area contributed by atoms with Crippen molar-refractivity contribution < 1.29 is 32.6 Å². The third-order valence-corrected chi connectivity index (χ3v) is 2.56. The van der Waals surface area contributed by atoms with Crippen molar-refractivity contribution in [1.29, 1.82) is 0 Å². The zero-order valence-electron chi connectivity index (χ0n) is 10.3. The molecule has 0 aromatic heterocycles. The van der Waals surface area contributed by atoms with E-state index in [1.165, 1.54) is 6.20 Å². The molecule has 2 N–H and O–H groups in total. The molecule has 0 unspecified atom stereocenters. The molecule has 0 amide bonds. The van der Waals surface area contributed by atoms with E-state index in [1.807, 2.05) is 0 Å². The molecule has 5 nitrogen and oxygen atoms in total. The van der Waals surface area contributed by atoms with Crippen molar-refractivity contribution in [3.05, 3.63) is 46.2 Å². The van der Waals surface area contributed by atoms with Gasteiger partial charge in [-0.25, -0.2) is 9.59 Å². The minimum atomic E-state index is -5.22.